The third-order valence-electron chi connectivity index (χ3n) is 22.4. The van der Waals surface area contributed by atoms with Gasteiger partial charge in [-0.2, -0.15) is 0 Å². The molecule has 8 nitrogen and oxygen atoms in total. The summed E-state index contributed by atoms with van der Waals surface area (Å²) in [5.41, 5.74) is 20.4. The summed E-state index contributed by atoms with van der Waals surface area (Å²) in [6.45, 7) is 0. The van der Waals surface area contributed by atoms with Crippen molar-refractivity contribution in [2.75, 3.05) is 0 Å². The summed E-state index contributed by atoms with van der Waals surface area (Å²) in [6, 6.07) is 121. The molecule has 8 heterocycles. The highest BCUT2D eigenvalue weighted by molar-refractivity contribution is 7.27. The molecule has 16 aromatic carbocycles. The molecule has 8 aromatic heterocycles. The zero-order valence-electron chi connectivity index (χ0n) is 60.5. The van der Waals surface area contributed by atoms with Crippen LogP contribution in [0.15, 0.2) is 349 Å². The summed E-state index contributed by atoms with van der Waals surface area (Å²) in [7, 11) is 0. The van der Waals surface area contributed by atoms with Gasteiger partial charge in [-0.15, -0.1) is 45.3 Å². The van der Waals surface area contributed by atoms with Crippen LogP contribution >= 0.6 is 45.3 Å². The fourth-order valence-corrected chi connectivity index (χ4v) is 21.6. The van der Waals surface area contributed by atoms with Gasteiger partial charge in [-0.1, -0.05) is 237 Å². The molecule has 0 aliphatic rings. The van der Waals surface area contributed by atoms with Crippen molar-refractivity contribution < 1.29 is 8.83 Å². The number of hydrogen-bond donors (Lipinski definition) is 0. The molecule has 0 fully saturated rings. The summed E-state index contributed by atoms with van der Waals surface area (Å²) in [6.07, 6.45) is 0. The van der Waals surface area contributed by atoms with Gasteiger partial charge in [0.05, 0.1) is 0 Å². The van der Waals surface area contributed by atoms with Crippen LogP contribution in [0.2, 0.25) is 0 Å². The Morgan fingerprint density at radius 1 is 0.167 bits per heavy atom. The van der Waals surface area contributed by atoms with Gasteiger partial charge in [0.2, 0.25) is 0 Å². The largest absolute Gasteiger partial charge is 0.456 e. The lowest BCUT2D eigenvalue weighted by Crippen LogP contribution is -2.00. The molecule has 24 rings (SSSR count). The topological polar surface area (TPSA) is 104 Å². The van der Waals surface area contributed by atoms with Gasteiger partial charge in [0.25, 0.3) is 0 Å². The zero-order valence-corrected chi connectivity index (χ0v) is 63.7. The Bertz CT molecular complexity index is 8130. The van der Waals surface area contributed by atoms with E-state index in [1.807, 2.05) is 77.3 Å². The Balaban J connectivity index is 0.546. The van der Waals surface area contributed by atoms with Crippen LogP contribution in [0.1, 0.15) is 0 Å². The van der Waals surface area contributed by atoms with E-state index in [1.54, 1.807) is 22.7 Å². The Hall–Kier alpha value is -14.0. The molecule has 0 spiro atoms. The number of rotatable bonds is 11. The molecule has 12 heteroatoms. The minimum atomic E-state index is 0.583. The average molecular weight is 1530 g/mol. The molecular formula is C102H56N6O2S4. The molecule has 0 radical (unpaired) electrons. The van der Waals surface area contributed by atoms with E-state index in [1.165, 1.54) is 110 Å². The average Bonchev–Trinajstić information content (AvgIpc) is 1.58. The lowest BCUT2D eigenvalue weighted by atomic mass is 9.93. The molecule has 24 aromatic rings. The Morgan fingerprint density at radius 3 is 1.26 bits per heavy atom. The number of thiophene rings is 4. The number of aromatic nitrogens is 6. The molecule has 530 valence electrons. The highest BCUT2D eigenvalue weighted by Crippen LogP contribution is 2.50. The standard InChI is InChI=1S/C102H56N6O2S4/c1-3-17-58(18-4-1)97-103-99(107-101(105-97)66-38-43-73-72-42-37-63(53-90(72)113-91(73)54-66)69-50-78(95-77-26-10-14-32-88(77)112-93(95)56-69)64-40-45-85-79(49-64)70-23-7-11-28-83(70)109-85)60-35-33-57(34-36-60)61-21-15-22-65(47-61)100-104-98(59-19-5-2-6-20-59)106-102(108-100)67-39-44-74-80-48-62(41-46-89(80)111-92(74)55-67)68-51-81-71-24-9-13-31-87(71)114-96(81)82(52-68)75-27-16-30-86-94(75)76-25-8-12-29-84(76)110-86/h1-56H. The molecule has 0 saturated carbocycles. The van der Waals surface area contributed by atoms with E-state index >= 15 is 0 Å². The fourth-order valence-electron chi connectivity index (χ4n) is 16.9. The van der Waals surface area contributed by atoms with Crippen molar-refractivity contribution in [3.8, 4) is 124 Å². The summed E-state index contributed by atoms with van der Waals surface area (Å²) in [4.78, 5) is 31.4. The van der Waals surface area contributed by atoms with Crippen molar-refractivity contribution >= 4 is 170 Å². The van der Waals surface area contributed by atoms with E-state index in [4.69, 9.17) is 38.7 Å². The van der Waals surface area contributed by atoms with Gasteiger partial charge in [-0.05, 0) is 153 Å². The van der Waals surface area contributed by atoms with Crippen LogP contribution in [0, 0.1) is 0 Å². The minimum Gasteiger partial charge on any atom is -0.456 e. The monoisotopic (exact) mass is 1520 g/mol. The maximum atomic E-state index is 6.45. The molecular weight excluding hydrogens is 1470 g/mol. The van der Waals surface area contributed by atoms with Crippen LogP contribution in [0.5, 0.6) is 0 Å². The van der Waals surface area contributed by atoms with E-state index in [9.17, 15) is 0 Å². The lowest BCUT2D eigenvalue weighted by molar-refractivity contribution is 0.668. The van der Waals surface area contributed by atoms with E-state index < -0.39 is 0 Å². The predicted molar refractivity (Wildman–Crippen MR) is 479 cm³/mol. The van der Waals surface area contributed by atoms with Crippen molar-refractivity contribution in [2.45, 2.75) is 0 Å². The van der Waals surface area contributed by atoms with Gasteiger partial charge in [-0.3, -0.25) is 0 Å². The van der Waals surface area contributed by atoms with Gasteiger partial charge in [-0.25, -0.2) is 29.9 Å². The number of benzene rings is 16. The molecule has 0 aliphatic carbocycles. The number of hydrogen-bond acceptors (Lipinski definition) is 12. The van der Waals surface area contributed by atoms with Crippen LogP contribution in [0.25, 0.3) is 249 Å². The van der Waals surface area contributed by atoms with Gasteiger partial charge >= 0.3 is 0 Å². The Kier molecular flexibility index (Phi) is 14.7. The van der Waals surface area contributed by atoms with Gasteiger partial charge in [0, 0.05) is 141 Å². The second-order valence-corrected chi connectivity index (χ2v) is 33.4. The summed E-state index contributed by atoms with van der Waals surface area (Å²) < 4.78 is 22.6. The van der Waals surface area contributed by atoms with Gasteiger partial charge in [0.1, 0.15) is 22.3 Å². The lowest BCUT2D eigenvalue weighted by Gasteiger charge is -2.11. The minimum absolute atomic E-state index is 0.583. The second kappa shape index (κ2) is 25.8. The van der Waals surface area contributed by atoms with Gasteiger partial charge < -0.3 is 8.83 Å². The molecule has 0 atom stereocenters. The van der Waals surface area contributed by atoms with E-state index in [0.717, 1.165) is 103 Å². The molecule has 0 N–H and O–H groups in total. The number of furan rings is 2. The number of fused-ring (bicyclic) bond motifs is 18. The second-order valence-electron chi connectivity index (χ2n) is 29.1. The van der Waals surface area contributed by atoms with Crippen LogP contribution in [0.3, 0.4) is 0 Å². The predicted octanol–water partition coefficient (Wildman–Crippen LogP) is 29.7. The first-order valence-electron chi connectivity index (χ1n) is 37.9. The van der Waals surface area contributed by atoms with Crippen molar-refractivity contribution in [1.82, 2.24) is 29.9 Å². The van der Waals surface area contributed by atoms with Crippen LogP contribution in [-0.2, 0) is 0 Å². The summed E-state index contributed by atoms with van der Waals surface area (Å²) in [5.74, 6) is 3.58. The van der Waals surface area contributed by atoms with Gasteiger partial charge in [0.15, 0.2) is 34.9 Å². The number of para-hydroxylation sites is 2. The maximum Gasteiger partial charge on any atom is 0.164 e. The van der Waals surface area contributed by atoms with Crippen molar-refractivity contribution in [3.05, 3.63) is 340 Å². The zero-order chi connectivity index (χ0) is 74.6. The van der Waals surface area contributed by atoms with E-state index in [0.29, 0.717) is 34.9 Å². The highest BCUT2D eigenvalue weighted by Gasteiger charge is 2.24. The Labute approximate surface area is 667 Å². The molecule has 114 heavy (non-hydrogen) atoms. The SMILES string of the molecule is c1ccc(-c2nc(-c3ccc(-c4cccc(-c5nc(-c6ccccc6)nc(-c6ccc7c(c6)sc6ccc(-c8cc(-c9cccc%10oc%11ccccc%11c9%10)c9sc%10ccccc%10c9c8)cc67)n5)c4)cc3)nc(-c3ccc4c(c3)sc3cc(-c5cc(-c6ccc7oc8ccccc8c7c6)c6c(c5)sc5ccccc56)ccc34)n2)cc1. The molecule has 0 amide bonds. The Morgan fingerprint density at radius 2 is 0.561 bits per heavy atom. The molecule has 0 bridgehead atoms. The highest BCUT2D eigenvalue weighted by atomic mass is 32.1. The van der Waals surface area contributed by atoms with Crippen LogP contribution < -0.4 is 0 Å². The van der Waals surface area contributed by atoms with Crippen molar-refractivity contribution in [1.29, 1.82) is 0 Å². The molecule has 0 saturated heterocycles. The molecule has 0 aliphatic heterocycles. The van der Waals surface area contributed by atoms with Crippen molar-refractivity contribution in [2.24, 2.45) is 0 Å². The third-order valence-corrected chi connectivity index (χ3v) is 27.0. The van der Waals surface area contributed by atoms with E-state index in [2.05, 4.69) is 285 Å². The maximum absolute atomic E-state index is 6.45. The fraction of sp³-hybridized carbons (Fsp3) is 0. The first-order chi connectivity index (χ1) is 56.4. The first-order valence-corrected chi connectivity index (χ1v) is 41.2. The summed E-state index contributed by atoms with van der Waals surface area (Å²) >= 11 is 7.30. The van der Waals surface area contributed by atoms with E-state index in [-0.39, 0.29) is 0 Å². The van der Waals surface area contributed by atoms with Crippen LogP contribution in [-0.4, -0.2) is 29.9 Å². The third kappa shape index (κ3) is 10.7. The summed E-state index contributed by atoms with van der Waals surface area (Å²) in [5, 5.41) is 14.4. The van der Waals surface area contributed by atoms with Crippen molar-refractivity contribution in [3.63, 3.8) is 0 Å². The normalized spacial score (nSPS) is 12.0. The first kappa shape index (κ1) is 64.8. The van der Waals surface area contributed by atoms with Crippen LogP contribution in [0.4, 0.5) is 0 Å². The molecule has 0 unspecified atom stereocenters. The number of nitrogens with zero attached hydrogens (tertiary/aromatic N) is 6. The quantitative estimate of drug-likeness (QED) is 0.126. The smallest absolute Gasteiger partial charge is 0.164 e.